The van der Waals surface area contributed by atoms with E-state index in [9.17, 15) is 9.18 Å². The van der Waals surface area contributed by atoms with Crippen molar-refractivity contribution in [3.8, 4) is 11.5 Å². The van der Waals surface area contributed by atoms with E-state index in [1.54, 1.807) is 34.9 Å². The SMILES string of the molecule is CC[C@H](Cc1ccccc1)n1c(C)nc2ccc(Oc3ccc(F)cc3)cc2c1=O. The molecule has 0 saturated carbocycles. The van der Waals surface area contributed by atoms with Gasteiger partial charge in [0, 0.05) is 6.04 Å². The molecule has 3 aromatic carbocycles. The van der Waals surface area contributed by atoms with Gasteiger partial charge in [-0.3, -0.25) is 9.36 Å². The Labute approximate surface area is 174 Å². The van der Waals surface area contributed by atoms with Crippen molar-refractivity contribution in [1.82, 2.24) is 9.55 Å². The lowest BCUT2D eigenvalue weighted by molar-refractivity contribution is 0.455. The quantitative estimate of drug-likeness (QED) is 0.408. The maximum absolute atomic E-state index is 13.4. The van der Waals surface area contributed by atoms with Crippen molar-refractivity contribution in [3.05, 3.63) is 100 Å². The molecule has 152 valence electrons. The molecule has 0 spiro atoms. The van der Waals surface area contributed by atoms with Gasteiger partial charge in [-0.25, -0.2) is 9.37 Å². The Morgan fingerprint density at radius 1 is 1.00 bits per heavy atom. The topological polar surface area (TPSA) is 44.1 Å². The third-order valence-electron chi connectivity index (χ3n) is 5.25. The van der Waals surface area contributed by atoms with E-state index in [-0.39, 0.29) is 17.4 Å². The number of aryl methyl sites for hydroxylation is 1. The van der Waals surface area contributed by atoms with Crippen LogP contribution in [0.15, 0.2) is 77.6 Å². The molecule has 0 radical (unpaired) electrons. The first-order valence-corrected chi connectivity index (χ1v) is 10.1. The maximum Gasteiger partial charge on any atom is 0.261 e. The first-order chi connectivity index (χ1) is 14.5. The molecule has 0 N–H and O–H groups in total. The van der Waals surface area contributed by atoms with Gasteiger partial charge in [-0.2, -0.15) is 0 Å². The van der Waals surface area contributed by atoms with E-state index < -0.39 is 0 Å². The van der Waals surface area contributed by atoms with E-state index in [0.717, 1.165) is 12.8 Å². The molecule has 0 bridgehead atoms. The highest BCUT2D eigenvalue weighted by Gasteiger charge is 2.17. The van der Waals surface area contributed by atoms with Crippen LogP contribution in [0.4, 0.5) is 4.39 Å². The predicted molar refractivity (Wildman–Crippen MR) is 117 cm³/mol. The molecule has 0 saturated heterocycles. The maximum atomic E-state index is 13.4. The Bertz CT molecular complexity index is 1220. The van der Waals surface area contributed by atoms with Crippen LogP contribution < -0.4 is 10.3 Å². The van der Waals surface area contributed by atoms with Gasteiger partial charge in [-0.15, -0.1) is 0 Å². The van der Waals surface area contributed by atoms with Gasteiger partial charge in [-0.05, 0) is 67.8 Å². The summed E-state index contributed by atoms with van der Waals surface area (Å²) in [4.78, 5) is 18.1. The minimum Gasteiger partial charge on any atom is -0.457 e. The van der Waals surface area contributed by atoms with E-state index in [1.165, 1.54) is 17.7 Å². The van der Waals surface area contributed by atoms with Gasteiger partial charge >= 0.3 is 0 Å². The molecule has 5 heteroatoms. The Balaban J connectivity index is 1.73. The van der Waals surface area contributed by atoms with Crippen LogP contribution in [-0.4, -0.2) is 9.55 Å². The normalized spacial score (nSPS) is 12.1. The lowest BCUT2D eigenvalue weighted by Crippen LogP contribution is -2.29. The third kappa shape index (κ3) is 4.10. The lowest BCUT2D eigenvalue weighted by Gasteiger charge is -2.21. The first kappa shape index (κ1) is 19.8. The Morgan fingerprint density at radius 2 is 1.70 bits per heavy atom. The summed E-state index contributed by atoms with van der Waals surface area (Å²) < 4.78 is 20.7. The number of nitrogens with zero attached hydrogens (tertiary/aromatic N) is 2. The summed E-state index contributed by atoms with van der Waals surface area (Å²) in [5, 5.41) is 0.506. The molecule has 1 atom stereocenters. The summed E-state index contributed by atoms with van der Waals surface area (Å²) in [6.45, 7) is 3.95. The monoisotopic (exact) mass is 402 g/mol. The number of fused-ring (bicyclic) bond motifs is 1. The molecule has 4 nitrogen and oxygen atoms in total. The van der Waals surface area contributed by atoms with E-state index in [2.05, 4.69) is 24.0 Å². The fraction of sp³-hybridized carbons (Fsp3) is 0.200. The number of hydrogen-bond acceptors (Lipinski definition) is 3. The molecular formula is C25H23FN2O2. The van der Waals surface area contributed by atoms with Crippen LogP contribution in [-0.2, 0) is 6.42 Å². The average Bonchev–Trinajstić information content (AvgIpc) is 2.76. The lowest BCUT2D eigenvalue weighted by atomic mass is 10.0. The molecule has 30 heavy (non-hydrogen) atoms. The average molecular weight is 402 g/mol. The van der Waals surface area contributed by atoms with Gasteiger partial charge in [-0.1, -0.05) is 37.3 Å². The van der Waals surface area contributed by atoms with Gasteiger partial charge in [0.1, 0.15) is 23.1 Å². The minimum atomic E-state index is -0.326. The molecule has 0 aliphatic carbocycles. The highest BCUT2D eigenvalue weighted by molar-refractivity contribution is 5.79. The van der Waals surface area contributed by atoms with E-state index in [0.29, 0.717) is 28.2 Å². The summed E-state index contributed by atoms with van der Waals surface area (Å²) in [7, 11) is 0. The molecule has 4 aromatic rings. The van der Waals surface area contributed by atoms with Gasteiger partial charge in [0.05, 0.1) is 10.9 Å². The number of ether oxygens (including phenoxy) is 1. The molecule has 0 aliphatic heterocycles. The largest absolute Gasteiger partial charge is 0.457 e. The molecule has 0 amide bonds. The van der Waals surface area contributed by atoms with Crippen molar-refractivity contribution in [2.45, 2.75) is 32.7 Å². The highest BCUT2D eigenvalue weighted by Crippen LogP contribution is 2.25. The van der Waals surface area contributed by atoms with E-state index in [1.807, 2.05) is 25.1 Å². The number of rotatable bonds is 6. The number of hydrogen-bond donors (Lipinski definition) is 0. The molecule has 1 aromatic heterocycles. The van der Waals surface area contributed by atoms with E-state index >= 15 is 0 Å². The second kappa shape index (κ2) is 8.49. The summed E-state index contributed by atoms with van der Waals surface area (Å²) in [6.07, 6.45) is 1.58. The van der Waals surface area contributed by atoms with Crippen molar-refractivity contribution < 1.29 is 9.13 Å². The summed E-state index contributed by atoms with van der Waals surface area (Å²) in [5.41, 5.74) is 1.74. The van der Waals surface area contributed by atoms with Crippen LogP contribution in [0.2, 0.25) is 0 Å². The van der Waals surface area contributed by atoms with Crippen LogP contribution in [0.5, 0.6) is 11.5 Å². The molecule has 4 rings (SSSR count). The molecule has 0 aliphatic rings. The van der Waals surface area contributed by atoms with Crippen LogP contribution in [0, 0.1) is 12.7 Å². The van der Waals surface area contributed by atoms with Gasteiger partial charge in [0.2, 0.25) is 0 Å². The fourth-order valence-corrected chi connectivity index (χ4v) is 3.73. The van der Waals surface area contributed by atoms with Gasteiger partial charge in [0.25, 0.3) is 5.56 Å². The van der Waals surface area contributed by atoms with Gasteiger partial charge in [0.15, 0.2) is 0 Å². The van der Waals surface area contributed by atoms with Crippen molar-refractivity contribution in [3.63, 3.8) is 0 Å². The Kier molecular flexibility index (Phi) is 5.61. The molecule has 1 heterocycles. The van der Waals surface area contributed by atoms with Crippen molar-refractivity contribution in [2.75, 3.05) is 0 Å². The van der Waals surface area contributed by atoms with Crippen LogP contribution in [0.1, 0.15) is 30.8 Å². The van der Waals surface area contributed by atoms with E-state index in [4.69, 9.17) is 4.74 Å². The Morgan fingerprint density at radius 3 is 2.40 bits per heavy atom. The number of halogens is 1. The van der Waals surface area contributed by atoms with Crippen molar-refractivity contribution in [1.29, 1.82) is 0 Å². The number of benzene rings is 3. The molecule has 0 unspecified atom stereocenters. The smallest absolute Gasteiger partial charge is 0.261 e. The van der Waals surface area contributed by atoms with Crippen molar-refractivity contribution >= 4 is 10.9 Å². The Hall–Kier alpha value is -3.47. The second-order valence-electron chi connectivity index (χ2n) is 7.32. The zero-order valence-corrected chi connectivity index (χ0v) is 17.0. The van der Waals surface area contributed by atoms with Crippen LogP contribution in [0.25, 0.3) is 10.9 Å². The zero-order valence-electron chi connectivity index (χ0n) is 17.0. The summed E-state index contributed by atoms with van der Waals surface area (Å²) in [6, 6.07) is 21.2. The fourth-order valence-electron chi connectivity index (χ4n) is 3.73. The minimum absolute atomic E-state index is 0.0125. The third-order valence-corrected chi connectivity index (χ3v) is 5.25. The predicted octanol–water partition coefficient (Wildman–Crippen LogP) is 5.83. The zero-order chi connectivity index (χ0) is 21.1. The molecular weight excluding hydrogens is 379 g/mol. The van der Waals surface area contributed by atoms with Gasteiger partial charge < -0.3 is 4.74 Å². The van der Waals surface area contributed by atoms with Crippen LogP contribution in [0.3, 0.4) is 0 Å². The number of aromatic nitrogens is 2. The van der Waals surface area contributed by atoms with Crippen molar-refractivity contribution in [2.24, 2.45) is 0 Å². The summed E-state index contributed by atoms with van der Waals surface area (Å²) >= 11 is 0. The second-order valence-corrected chi connectivity index (χ2v) is 7.32. The highest BCUT2D eigenvalue weighted by atomic mass is 19.1. The molecule has 0 fully saturated rings. The summed E-state index contributed by atoms with van der Waals surface area (Å²) in [5.74, 6) is 1.39. The van der Waals surface area contributed by atoms with Crippen LogP contribution >= 0.6 is 0 Å². The standard InChI is InChI=1S/C25H23FN2O2/c1-3-20(15-18-7-5-4-6-8-18)28-17(2)27-24-14-13-22(16-23(24)25(28)29)30-21-11-9-19(26)10-12-21/h4-14,16,20H,3,15H2,1-2H3/t20-/m1/s1. The first-order valence-electron chi connectivity index (χ1n) is 10.1.